The summed E-state index contributed by atoms with van der Waals surface area (Å²) in [6, 6.07) is 65.6. The molecule has 2 heterocycles. The van der Waals surface area contributed by atoms with Gasteiger partial charge in [-0.2, -0.15) is 0 Å². The summed E-state index contributed by atoms with van der Waals surface area (Å²) in [7, 11) is 0. The first kappa shape index (κ1) is 37.6. The van der Waals surface area contributed by atoms with Crippen LogP contribution in [0.2, 0.25) is 0 Å². The zero-order valence-electron chi connectivity index (χ0n) is 37.3. The number of nitrogens with zero attached hydrogens (tertiary/aromatic N) is 2. The normalized spacial score (nSPS) is 16.2. The molecule has 64 heavy (non-hydrogen) atoms. The van der Waals surface area contributed by atoms with Gasteiger partial charge in [0.15, 0.2) is 0 Å². The molecule has 2 aliphatic carbocycles. The van der Waals surface area contributed by atoms with E-state index in [1.165, 1.54) is 122 Å². The number of hydrogen-bond acceptors (Lipinski definition) is 2. The van der Waals surface area contributed by atoms with Gasteiger partial charge in [-0.05, 0) is 174 Å². The third-order valence-electron chi connectivity index (χ3n) is 15.7. The highest BCUT2D eigenvalue weighted by Gasteiger charge is 2.37. The minimum atomic E-state index is -0.117. The smallest absolute Gasteiger partial charge is 0.0443 e. The number of rotatable bonds is 4. The van der Waals surface area contributed by atoms with E-state index >= 15 is 0 Å². The summed E-state index contributed by atoms with van der Waals surface area (Å²) < 4.78 is 0. The lowest BCUT2D eigenvalue weighted by atomic mass is 9.79. The van der Waals surface area contributed by atoms with Crippen molar-refractivity contribution in [1.29, 1.82) is 0 Å². The van der Waals surface area contributed by atoms with Crippen molar-refractivity contribution >= 4 is 44.3 Å². The molecule has 4 aliphatic rings. The van der Waals surface area contributed by atoms with Crippen molar-refractivity contribution in [3.05, 3.63) is 203 Å². The third kappa shape index (κ3) is 5.38. The molecule has 9 aromatic carbocycles. The Labute approximate surface area is 377 Å². The number of benzene rings is 9. The number of anilines is 4. The van der Waals surface area contributed by atoms with Gasteiger partial charge in [-0.3, -0.25) is 0 Å². The predicted octanol–water partition coefficient (Wildman–Crippen LogP) is 16.1. The molecule has 0 bridgehead atoms. The van der Waals surface area contributed by atoms with Gasteiger partial charge in [0.25, 0.3) is 0 Å². The van der Waals surface area contributed by atoms with Crippen LogP contribution < -0.4 is 9.80 Å². The minimum absolute atomic E-state index is 0.105. The van der Waals surface area contributed by atoms with Crippen LogP contribution in [0.5, 0.6) is 0 Å². The van der Waals surface area contributed by atoms with Crippen molar-refractivity contribution in [2.24, 2.45) is 0 Å². The van der Waals surface area contributed by atoms with E-state index in [0.717, 1.165) is 38.8 Å². The molecular weight excluding hydrogens is 773 g/mol. The van der Waals surface area contributed by atoms with Crippen molar-refractivity contribution < 1.29 is 0 Å². The van der Waals surface area contributed by atoms with E-state index in [4.69, 9.17) is 0 Å². The highest BCUT2D eigenvalue weighted by molar-refractivity contribution is 6.23. The van der Waals surface area contributed by atoms with Crippen molar-refractivity contribution in [1.82, 2.24) is 0 Å². The van der Waals surface area contributed by atoms with Gasteiger partial charge in [0.05, 0.1) is 0 Å². The first-order chi connectivity index (χ1) is 31.3. The standard InChI is InChI=1S/C62H52N2/c1-61(2)53-21-9-7-19-45(53)47-29-25-41(35-55(47)61)59-49-31-27-43(63-33-13-17-39-15-5-11-23-57(39)63)37-51(49)60(42-26-30-48-46-20-8-10-22-54(46)62(3,4)56(48)36-42)52-38-44(28-32-50(52)59)64-34-14-18-40-16-6-12-24-58(40)64/h5-12,15-16,19-32,35-38H,13-14,17-18,33-34H2,1-4H3. The minimum Gasteiger partial charge on any atom is -0.341 e. The average molecular weight is 825 g/mol. The first-order valence-corrected chi connectivity index (χ1v) is 23.5. The highest BCUT2D eigenvalue weighted by atomic mass is 15.1. The van der Waals surface area contributed by atoms with Crippen molar-refractivity contribution in [2.45, 2.75) is 64.2 Å². The molecule has 2 heteroatoms. The monoisotopic (exact) mass is 824 g/mol. The fourth-order valence-electron chi connectivity index (χ4n) is 12.5. The van der Waals surface area contributed by atoms with Gasteiger partial charge in [0, 0.05) is 46.7 Å². The first-order valence-electron chi connectivity index (χ1n) is 23.5. The molecule has 13 rings (SSSR count). The van der Waals surface area contributed by atoms with Gasteiger partial charge in [0.2, 0.25) is 0 Å². The molecule has 0 atom stereocenters. The lowest BCUT2D eigenvalue weighted by Crippen LogP contribution is -2.24. The summed E-state index contributed by atoms with van der Waals surface area (Å²) in [5.74, 6) is 0. The maximum Gasteiger partial charge on any atom is 0.0443 e. The Morgan fingerprint density at radius 2 is 0.766 bits per heavy atom. The molecular formula is C62H52N2. The Bertz CT molecular complexity index is 3300. The number of para-hydroxylation sites is 2. The Hall–Kier alpha value is -6.90. The zero-order valence-corrected chi connectivity index (χ0v) is 37.3. The highest BCUT2D eigenvalue weighted by Crippen LogP contribution is 2.54. The largest absolute Gasteiger partial charge is 0.341 e. The number of hydrogen-bond donors (Lipinski definition) is 0. The van der Waals surface area contributed by atoms with Crippen LogP contribution in [0.3, 0.4) is 0 Å². The lowest BCUT2D eigenvalue weighted by Gasteiger charge is -2.33. The fraction of sp³-hybridized carbons (Fsp3) is 0.194. The SMILES string of the molecule is CC1(C)c2ccccc2-c2ccc(-c3c4ccc(N5CCCc6ccccc65)cc4c(-c4ccc5c(c4)C(C)(C)c4ccccc4-5)c4cc(N5CCCc6ccccc65)ccc34)cc21. The Morgan fingerprint density at radius 3 is 1.25 bits per heavy atom. The van der Waals surface area contributed by atoms with E-state index in [1.54, 1.807) is 0 Å². The summed E-state index contributed by atoms with van der Waals surface area (Å²) in [6.07, 6.45) is 4.52. The van der Waals surface area contributed by atoms with Gasteiger partial charge < -0.3 is 9.80 Å². The summed E-state index contributed by atoms with van der Waals surface area (Å²) >= 11 is 0. The Morgan fingerprint density at radius 1 is 0.359 bits per heavy atom. The maximum atomic E-state index is 2.57. The predicted molar refractivity (Wildman–Crippen MR) is 271 cm³/mol. The zero-order chi connectivity index (χ0) is 42.9. The number of fused-ring (bicyclic) bond motifs is 10. The molecule has 0 saturated carbocycles. The second-order valence-electron chi connectivity index (χ2n) is 19.8. The molecule has 0 spiro atoms. The molecule has 0 fully saturated rings. The second-order valence-corrected chi connectivity index (χ2v) is 19.8. The van der Waals surface area contributed by atoms with E-state index in [2.05, 4.69) is 207 Å². The topological polar surface area (TPSA) is 6.48 Å². The van der Waals surface area contributed by atoms with Crippen molar-refractivity contribution in [2.75, 3.05) is 22.9 Å². The molecule has 0 aromatic heterocycles. The molecule has 0 N–H and O–H groups in total. The maximum absolute atomic E-state index is 2.57. The molecule has 310 valence electrons. The molecule has 2 aliphatic heterocycles. The van der Waals surface area contributed by atoms with Crippen LogP contribution in [-0.2, 0) is 23.7 Å². The van der Waals surface area contributed by atoms with Gasteiger partial charge in [-0.1, -0.05) is 149 Å². The second kappa shape index (κ2) is 13.8. The third-order valence-corrected chi connectivity index (χ3v) is 15.7. The lowest BCUT2D eigenvalue weighted by molar-refractivity contribution is 0.660. The molecule has 2 nitrogen and oxygen atoms in total. The molecule has 0 radical (unpaired) electrons. The van der Waals surface area contributed by atoms with E-state index in [1.807, 2.05) is 0 Å². The van der Waals surface area contributed by atoms with E-state index in [0.29, 0.717) is 0 Å². The summed E-state index contributed by atoms with van der Waals surface area (Å²) in [4.78, 5) is 5.15. The van der Waals surface area contributed by atoms with Crippen molar-refractivity contribution in [3.63, 3.8) is 0 Å². The average Bonchev–Trinajstić information content (AvgIpc) is 3.71. The van der Waals surface area contributed by atoms with Gasteiger partial charge in [-0.15, -0.1) is 0 Å². The van der Waals surface area contributed by atoms with Crippen LogP contribution in [0, 0.1) is 0 Å². The van der Waals surface area contributed by atoms with Gasteiger partial charge in [-0.25, -0.2) is 0 Å². The quantitative estimate of drug-likeness (QED) is 0.163. The van der Waals surface area contributed by atoms with Crippen LogP contribution in [0.25, 0.3) is 66.1 Å². The van der Waals surface area contributed by atoms with E-state index < -0.39 is 0 Å². The molecule has 0 unspecified atom stereocenters. The van der Waals surface area contributed by atoms with E-state index in [9.17, 15) is 0 Å². The Kier molecular flexibility index (Phi) is 8.11. The van der Waals surface area contributed by atoms with Gasteiger partial charge >= 0.3 is 0 Å². The molecule has 9 aromatic rings. The number of aryl methyl sites for hydroxylation is 2. The molecule has 0 saturated heterocycles. The summed E-state index contributed by atoms with van der Waals surface area (Å²) in [6.45, 7) is 11.6. The fourth-order valence-corrected chi connectivity index (χ4v) is 12.5. The van der Waals surface area contributed by atoms with Crippen LogP contribution in [0.15, 0.2) is 170 Å². The Balaban J connectivity index is 1.12. The van der Waals surface area contributed by atoms with Crippen LogP contribution in [0.4, 0.5) is 22.7 Å². The van der Waals surface area contributed by atoms with Crippen LogP contribution in [0.1, 0.15) is 73.9 Å². The summed E-state index contributed by atoms with van der Waals surface area (Å²) in [5, 5.41) is 5.19. The summed E-state index contributed by atoms with van der Waals surface area (Å²) in [5.41, 5.74) is 24.1. The van der Waals surface area contributed by atoms with Crippen molar-refractivity contribution in [3.8, 4) is 44.5 Å². The molecule has 0 amide bonds. The van der Waals surface area contributed by atoms with E-state index in [-0.39, 0.29) is 10.8 Å². The van der Waals surface area contributed by atoms with Crippen LogP contribution in [-0.4, -0.2) is 13.1 Å². The van der Waals surface area contributed by atoms with Crippen LogP contribution >= 0.6 is 0 Å². The van der Waals surface area contributed by atoms with Gasteiger partial charge in [0.1, 0.15) is 0 Å².